The number of carbonyl (C=O) groups is 1. The van der Waals surface area contributed by atoms with Crippen molar-refractivity contribution in [2.24, 2.45) is 0 Å². The molecule has 0 radical (unpaired) electrons. The van der Waals surface area contributed by atoms with Gasteiger partial charge in [0.15, 0.2) is 5.13 Å². The van der Waals surface area contributed by atoms with Crippen LogP contribution in [-0.4, -0.2) is 56.2 Å². The first-order valence-electron chi connectivity index (χ1n) is 9.31. The molecule has 0 aliphatic carbocycles. The lowest BCUT2D eigenvalue weighted by Crippen LogP contribution is -2.36. The second-order valence-electron chi connectivity index (χ2n) is 6.95. The molecule has 1 saturated heterocycles. The van der Waals surface area contributed by atoms with Crippen LogP contribution in [0.3, 0.4) is 0 Å². The van der Waals surface area contributed by atoms with E-state index in [-0.39, 0.29) is 11.9 Å². The van der Waals surface area contributed by atoms with Gasteiger partial charge in [-0.3, -0.25) is 4.79 Å². The van der Waals surface area contributed by atoms with Gasteiger partial charge in [0, 0.05) is 25.2 Å². The fourth-order valence-corrected chi connectivity index (χ4v) is 4.93. The van der Waals surface area contributed by atoms with E-state index in [4.69, 9.17) is 26.1 Å². The van der Waals surface area contributed by atoms with Crippen molar-refractivity contribution in [2.75, 3.05) is 39.3 Å². The molecule has 6 nitrogen and oxygen atoms in total. The van der Waals surface area contributed by atoms with E-state index in [2.05, 4.69) is 4.90 Å². The minimum Gasteiger partial charge on any atom is -0.496 e. The Labute approximate surface area is 178 Å². The summed E-state index contributed by atoms with van der Waals surface area (Å²) in [5.74, 6) is 0.967. The molecule has 2 heterocycles. The topological polar surface area (TPSA) is 54.9 Å². The van der Waals surface area contributed by atoms with Crippen LogP contribution in [0.5, 0.6) is 11.5 Å². The monoisotopic (exact) mass is 431 g/mol. The van der Waals surface area contributed by atoms with E-state index in [1.54, 1.807) is 37.7 Å². The minimum absolute atomic E-state index is 0.0775. The smallest absolute Gasteiger partial charge is 0.261 e. The predicted octanol–water partition coefficient (Wildman–Crippen LogP) is 4.32. The number of carbonyl (C=O) groups excluding carboxylic acids is 1. The van der Waals surface area contributed by atoms with Gasteiger partial charge in [0.2, 0.25) is 0 Å². The first-order valence-corrected chi connectivity index (χ1v) is 10.5. The maximum absolute atomic E-state index is 13.2. The molecule has 0 saturated carbocycles. The van der Waals surface area contributed by atoms with Crippen molar-refractivity contribution in [3.8, 4) is 11.5 Å². The highest BCUT2D eigenvalue weighted by Crippen LogP contribution is 2.34. The van der Waals surface area contributed by atoms with Crippen LogP contribution in [0.1, 0.15) is 16.8 Å². The molecular formula is C21H22ClN3O3S. The second-order valence-corrected chi connectivity index (χ2v) is 8.40. The largest absolute Gasteiger partial charge is 0.496 e. The number of hydrogen-bond donors (Lipinski definition) is 0. The van der Waals surface area contributed by atoms with E-state index in [1.165, 1.54) is 0 Å². The Morgan fingerprint density at radius 2 is 1.97 bits per heavy atom. The third-order valence-electron chi connectivity index (χ3n) is 5.28. The molecular weight excluding hydrogens is 410 g/mol. The first-order chi connectivity index (χ1) is 14.0. The van der Waals surface area contributed by atoms with Crippen LogP contribution in [0.2, 0.25) is 5.02 Å². The fraction of sp³-hybridized carbons (Fsp3) is 0.333. The average molecular weight is 432 g/mol. The molecule has 1 amide bonds. The van der Waals surface area contributed by atoms with Crippen LogP contribution < -0.4 is 14.4 Å². The lowest BCUT2D eigenvalue weighted by Gasteiger charge is -2.24. The average Bonchev–Trinajstić information content (AvgIpc) is 3.39. The summed E-state index contributed by atoms with van der Waals surface area (Å²) in [5, 5.41) is 1.63. The highest BCUT2D eigenvalue weighted by molar-refractivity contribution is 7.22. The molecule has 1 aromatic heterocycles. The molecule has 1 atom stereocenters. The number of methoxy groups -OCH3 is 2. The molecule has 29 heavy (non-hydrogen) atoms. The van der Waals surface area contributed by atoms with E-state index in [0.717, 1.165) is 21.8 Å². The van der Waals surface area contributed by atoms with Crippen LogP contribution in [0.15, 0.2) is 36.4 Å². The highest BCUT2D eigenvalue weighted by Gasteiger charge is 2.33. The summed E-state index contributed by atoms with van der Waals surface area (Å²) in [4.78, 5) is 21.9. The molecule has 0 bridgehead atoms. The number of rotatable bonds is 5. The zero-order chi connectivity index (χ0) is 20.5. The van der Waals surface area contributed by atoms with Gasteiger partial charge >= 0.3 is 0 Å². The van der Waals surface area contributed by atoms with Crippen molar-refractivity contribution in [2.45, 2.75) is 12.5 Å². The molecule has 0 N–H and O–H groups in total. The van der Waals surface area contributed by atoms with E-state index in [0.29, 0.717) is 35.2 Å². The molecule has 2 aromatic carbocycles. The minimum atomic E-state index is -0.0775. The molecule has 1 aliphatic heterocycles. The Balaban J connectivity index is 1.53. The summed E-state index contributed by atoms with van der Waals surface area (Å²) in [5.41, 5.74) is 1.40. The predicted molar refractivity (Wildman–Crippen MR) is 117 cm³/mol. The number of benzene rings is 2. The van der Waals surface area contributed by atoms with Gasteiger partial charge in [0.05, 0.1) is 30.5 Å². The Morgan fingerprint density at radius 1 is 1.24 bits per heavy atom. The van der Waals surface area contributed by atoms with Crippen LogP contribution >= 0.6 is 22.9 Å². The van der Waals surface area contributed by atoms with Crippen molar-refractivity contribution in [3.63, 3.8) is 0 Å². The number of aromatic nitrogens is 1. The van der Waals surface area contributed by atoms with Gasteiger partial charge < -0.3 is 19.3 Å². The van der Waals surface area contributed by atoms with Crippen LogP contribution in [0.25, 0.3) is 10.2 Å². The number of ether oxygens (including phenoxy) is 2. The Kier molecular flexibility index (Phi) is 5.52. The molecule has 0 spiro atoms. The summed E-state index contributed by atoms with van der Waals surface area (Å²) in [6.07, 6.45) is 0.871. The number of likely N-dealkylation sites (tertiary alicyclic amines) is 1. The maximum Gasteiger partial charge on any atom is 0.261 e. The van der Waals surface area contributed by atoms with Gasteiger partial charge in [-0.05, 0) is 36.8 Å². The van der Waals surface area contributed by atoms with E-state index in [9.17, 15) is 4.79 Å². The number of halogens is 1. The number of hydrogen-bond acceptors (Lipinski definition) is 6. The number of nitrogens with zero attached hydrogens (tertiary/aromatic N) is 3. The molecule has 0 unspecified atom stereocenters. The molecule has 4 rings (SSSR count). The molecule has 1 aliphatic rings. The van der Waals surface area contributed by atoms with Crippen molar-refractivity contribution < 1.29 is 14.3 Å². The van der Waals surface area contributed by atoms with E-state index < -0.39 is 0 Å². The number of thiazole rings is 1. The van der Waals surface area contributed by atoms with Gasteiger partial charge in [-0.25, -0.2) is 4.98 Å². The number of fused-ring (bicyclic) bond motifs is 1. The number of anilines is 1. The molecule has 152 valence electrons. The zero-order valence-corrected chi connectivity index (χ0v) is 18.1. The van der Waals surface area contributed by atoms with Crippen molar-refractivity contribution in [1.29, 1.82) is 0 Å². The SMILES string of the molecule is COc1cccc(OC)c1C(=O)N1CC[C@@H](N(C)c2nc3ccc(Cl)cc3s2)C1. The highest BCUT2D eigenvalue weighted by atomic mass is 35.5. The Morgan fingerprint density at radius 3 is 2.66 bits per heavy atom. The molecule has 3 aromatic rings. The quantitative estimate of drug-likeness (QED) is 0.602. The Hall–Kier alpha value is -2.51. The lowest BCUT2D eigenvalue weighted by molar-refractivity contribution is 0.0784. The summed E-state index contributed by atoms with van der Waals surface area (Å²) in [7, 11) is 5.15. The third kappa shape index (κ3) is 3.72. The number of amides is 1. The van der Waals surface area contributed by atoms with Crippen LogP contribution in [0.4, 0.5) is 5.13 Å². The molecule has 8 heteroatoms. The Bertz CT molecular complexity index is 1030. The van der Waals surface area contributed by atoms with Gasteiger partial charge in [-0.2, -0.15) is 0 Å². The summed E-state index contributed by atoms with van der Waals surface area (Å²) in [6.45, 7) is 1.29. The van der Waals surface area contributed by atoms with Gasteiger partial charge in [0.1, 0.15) is 17.1 Å². The van der Waals surface area contributed by atoms with E-state index >= 15 is 0 Å². The van der Waals surface area contributed by atoms with Gasteiger partial charge in [0.25, 0.3) is 5.91 Å². The van der Waals surface area contributed by atoms with Crippen molar-refractivity contribution >= 4 is 44.2 Å². The third-order valence-corrected chi connectivity index (χ3v) is 6.62. The molecule has 1 fully saturated rings. The first kappa shape index (κ1) is 19.8. The lowest BCUT2D eigenvalue weighted by atomic mass is 10.1. The van der Waals surface area contributed by atoms with Crippen LogP contribution in [0, 0.1) is 0 Å². The summed E-state index contributed by atoms with van der Waals surface area (Å²) in [6, 6.07) is 11.3. The summed E-state index contributed by atoms with van der Waals surface area (Å²) < 4.78 is 11.9. The van der Waals surface area contributed by atoms with E-state index in [1.807, 2.05) is 36.2 Å². The fourth-order valence-electron chi connectivity index (χ4n) is 3.66. The summed E-state index contributed by atoms with van der Waals surface area (Å²) >= 11 is 7.71. The zero-order valence-electron chi connectivity index (χ0n) is 16.5. The van der Waals surface area contributed by atoms with Gasteiger partial charge in [-0.1, -0.05) is 29.0 Å². The van der Waals surface area contributed by atoms with Crippen molar-refractivity contribution in [1.82, 2.24) is 9.88 Å². The van der Waals surface area contributed by atoms with Crippen molar-refractivity contribution in [3.05, 3.63) is 47.0 Å². The number of likely N-dealkylation sites (N-methyl/N-ethyl adjacent to an activating group) is 1. The van der Waals surface area contributed by atoms with Gasteiger partial charge in [-0.15, -0.1) is 0 Å². The maximum atomic E-state index is 13.2. The second kappa shape index (κ2) is 8.08. The normalized spacial score (nSPS) is 16.3. The standard InChI is InChI=1S/C21H22ClN3O3S/c1-24(21-23-15-8-7-13(22)11-18(15)29-21)14-9-10-25(12-14)20(26)19-16(27-2)5-4-6-17(19)28-3/h4-8,11,14H,9-10,12H2,1-3H3/t14-/m1/s1. The van der Waals surface area contributed by atoms with Crippen LogP contribution in [-0.2, 0) is 0 Å².